The zero-order chi connectivity index (χ0) is 12.8. The van der Waals surface area contributed by atoms with E-state index in [1.807, 2.05) is 17.8 Å². The van der Waals surface area contributed by atoms with Gasteiger partial charge < -0.3 is 10.4 Å². The van der Waals surface area contributed by atoms with Crippen molar-refractivity contribution < 1.29 is 5.11 Å². The second-order valence-corrected chi connectivity index (χ2v) is 6.12. The molecule has 1 aliphatic heterocycles. The Hall–Kier alpha value is -0.510. The van der Waals surface area contributed by atoms with Crippen molar-refractivity contribution in [2.45, 2.75) is 43.1 Å². The lowest BCUT2D eigenvalue weighted by atomic mass is 9.85. The van der Waals surface area contributed by atoms with Gasteiger partial charge >= 0.3 is 0 Å². The summed E-state index contributed by atoms with van der Waals surface area (Å²) in [5, 5.41) is 14.1. The lowest BCUT2D eigenvalue weighted by Gasteiger charge is -2.34. The van der Waals surface area contributed by atoms with Crippen molar-refractivity contribution in [2.75, 3.05) is 18.8 Å². The topological polar surface area (TPSA) is 32.3 Å². The van der Waals surface area contributed by atoms with Crippen molar-refractivity contribution in [3.8, 4) is 0 Å². The zero-order valence-corrected chi connectivity index (χ0v) is 11.9. The maximum Gasteiger partial charge on any atom is 0.0931 e. The number of hydrogen-bond donors (Lipinski definition) is 2. The molecule has 100 valence electrons. The van der Waals surface area contributed by atoms with Crippen LogP contribution in [0.3, 0.4) is 0 Å². The largest absolute Gasteiger partial charge is 0.385 e. The molecule has 0 bridgehead atoms. The summed E-state index contributed by atoms with van der Waals surface area (Å²) in [6.07, 6.45) is 4.10. The molecule has 1 aromatic carbocycles. The maximum atomic E-state index is 10.8. The van der Waals surface area contributed by atoms with Crippen molar-refractivity contribution in [3.05, 3.63) is 29.8 Å². The van der Waals surface area contributed by atoms with E-state index in [1.165, 1.54) is 17.7 Å². The van der Waals surface area contributed by atoms with Crippen molar-refractivity contribution in [2.24, 2.45) is 0 Å². The van der Waals surface area contributed by atoms with Crippen LogP contribution in [-0.2, 0) is 5.60 Å². The summed E-state index contributed by atoms with van der Waals surface area (Å²) in [6, 6.07) is 8.36. The molecule has 1 fully saturated rings. The zero-order valence-electron chi connectivity index (χ0n) is 11.1. The van der Waals surface area contributed by atoms with E-state index in [2.05, 4.69) is 30.4 Å². The van der Waals surface area contributed by atoms with Gasteiger partial charge in [-0.05, 0) is 49.7 Å². The Balaban J connectivity index is 2.15. The molecule has 0 unspecified atom stereocenters. The molecule has 1 aliphatic rings. The summed E-state index contributed by atoms with van der Waals surface area (Å²) in [5.74, 6) is 1.14. The fourth-order valence-electron chi connectivity index (χ4n) is 2.41. The normalized spacial score (nSPS) is 18.8. The monoisotopic (exact) mass is 265 g/mol. The number of benzene rings is 1. The van der Waals surface area contributed by atoms with Crippen molar-refractivity contribution in [1.29, 1.82) is 0 Å². The predicted octanol–water partition coefficient (Wildman–Crippen LogP) is 3.15. The summed E-state index contributed by atoms with van der Waals surface area (Å²) in [6.45, 7) is 4.03. The molecular weight excluding hydrogens is 242 g/mol. The minimum absolute atomic E-state index is 0.624. The minimum atomic E-state index is -0.624. The van der Waals surface area contributed by atoms with E-state index < -0.39 is 5.60 Å². The molecule has 18 heavy (non-hydrogen) atoms. The van der Waals surface area contributed by atoms with Crippen LogP contribution < -0.4 is 5.32 Å². The highest BCUT2D eigenvalue weighted by molar-refractivity contribution is 7.99. The number of rotatable bonds is 5. The Labute approximate surface area is 114 Å². The van der Waals surface area contributed by atoms with Crippen molar-refractivity contribution in [1.82, 2.24) is 5.32 Å². The lowest BCUT2D eigenvalue weighted by molar-refractivity contribution is 0.00351. The van der Waals surface area contributed by atoms with E-state index in [4.69, 9.17) is 0 Å². The molecule has 0 radical (unpaired) electrons. The fourth-order valence-corrected chi connectivity index (χ4v) is 3.65. The number of thioether (sulfide) groups is 1. The van der Waals surface area contributed by atoms with E-state index in [0.29, 0.717) is 0 Å². The van der Waals surface area contributed by atoms with Gasteiger partial charge in [-0.2, -0.15) is 0 Å². The fraction of sp³-hybridized carbons (Fsp3) is 0.600. The van der Waals surface area contributed by atoms with Crippen LogP contribution in [0.5, 0.6) is 0 Å². The van der Waals surface area contributed by atoms with Crippen LogP contribution in [0.25, 0.3) is 0 Å². The molecule has 0 atom stereocenters. The average molecular weight is 265 g/mol. The van der Waals surface area contributed by atoms with Crippen molar-refractivity contribution in [3.63, 3.8) is 0 Å². The quantitative estimate of drug-likeness (QED) is 0.633. The van der Waals surface area contributed by atoms with Crippen LogP contribution in [-0.4, -0.2) is 23.9 Å². The van der Waals surface area contributed by atoms with E-state index >= 15 is 0 Å². The maximum absolute atomic E-state index is 10.8. The Morgan fingerprint density at radius 1 is 1.28 bits per heavy atom. The van der Waals surface area contributed by atoms with E-state index in [1.54, 1.807) is 0 Å². The standard InChI is InChI=1S/C15H23NOS/c1-2-3-12-18-14-7-5-4-6-13(14)15(17)8-10-16-11-9-15/h4-7,16-17H,2-3,8-12H2,1H3. The van der Waals surface area contributed by atoms with Gasteiger partial charge in [0.25, 0.3) is 0 Å². The first-order chi connectivity index (χ1) is 8.76. The second kappa shape index (κ2) is 6.60. The SMILES string of the molecule is CCCCSc1ccccc1C1(O)CCNCC1. The molecule has 0 spiro atoms. The first-order valence-corrected chi connectivity index (χ1v) is 7.90. The molecule has 1 aromatic rings. The van der Waals surface area contributed by atoms with E-state index in [0.717, 1.165) is 37.2 Å². The minimum Gasteiger partial charge on any atom is -0.385 e. The molecule has 2 nitrogen and oxygen atoms in total. The summed E-state index contributed by atoms with van der Waals surface area (Å²) >= 11 is 1.88. The molecule has 1 saturated heterocycles. The van der Waals surface area contributed by atoms with Gasteiger partial charge in [-0.25, -0.2) is 0 Å². The summed E-state index contributed by atoms with van der Waals surface area (Å²) in [7, 11) is 0. The molecule has 3 heteroatoms. The average Bonchev–Trinajstić information content (AvgIpc) is 2.40. The van der Waals surface area contributed by atoms with Crippen LogP contribution in [0.2, 0.25) is 0 Å². The third kappa shape index (κ3) is 3.28. The number of piperidine rings is 1. The van der Waals surface area contributed by atoms with Crippen LogP contribution in [0.1, 0.15) is 38.2 Å². The highest BCUT2D eigenvalue weighted by Crippen LogP contribution is 2.37. The molecule has 0 saturated carbocycles. The van der Waals surface area contributed by atoms with Gasteiger partial charge in [0.2, 0.25) is 0 Å². The molecular formula is C15H23NOS. The molecule has 0 aromatic heterocycles. The lowest BCUT2D eigenvalue weighted by Crippen LogP contribution is -2.40. The molecule has 2 rings (SSSR count). The Kier molecular flexibility index (Phi) is 5.10. The van der Waals surface area contributed by atoms with Gasteiger partial charge in [0.05, 0.1) is 5.60 Å². The van der Waals surface area contributed by atoms with Crippen LogP contribution in [0, 0.1) is 0 Å². The van der Waals surface area contributed by atoms with E-state index in [-0.39, 0.29) is 0 Å². The van der Waals surface area contributed by atoms with Crippen LogP contribution in [0.4, 0.5) is 0 Å². The second-order valence-electron chi connectivity index (χ2n) is 4.98. The number of unbranched alkanes of at least 4 members (excludes halogenated alkanes) is 1. The third-order valence-electron chi connectivity index (χ3n) is 3.57. The molecule has 0 aliphatic carbocycles. The number of aliphatic hydroxyl groups is 1. The molecule has 0 amide bonds. The van der Waals surface area contributed by atoms with Gasteiger partial charge in [0.1, 0.15) is 0 Å². The molecule has 2 N–H and O–H groups in total. The van der Waals surface area contributed by atoms with Gasteiger partial charge in [0, 0.05) is 4.90 Å². The predicted molar refractivity (Wildman–Crippen MR) is 78.1 cm³/mol. The number of nitrogens with one attached hydrogen (secondary N) is 1. The summed E-state index contributed by atoms with van der Waals surface area (Å²) in [4.78, 5) is 1.26. The van der Waals surface area contributed by atoms with Gasteiger partial charge in [0.15, 0.2) is 0 Å². The highest BCUT2D eigenvalue weighted by atomic mass is 32.2. The molecule has 1 heterocycles. The van der Waals surface area contributed by atoms with E-state index in [9.17, 15) is 5.11 Å². The highest BCUT2D eigenvalue weighted by Gasteiger charge is 2.32. The third-order valence-corrected chi connectivity index (χ3v) is 4.73. The summed E-state index contributed by atoms with van der Waals surface area (Å²) < 4.78 is 0. The Morgan fingerprint density at radius 3 is 2.72 bits per heavy atom. The van der Waals surface area contributed by atoms with Crippen LogP contribution in [0.15, 0.2) is 29.2 Å². The first-order valence-electron chi connectivity index (χ1n) is 6.92. The van der Waals surface area contributed by atoms with Gasteiger partial charge in [-0.1, -0.05) is 31.5 Å². The number of hydrogen-bond acceptors (Lipinski definition) is 3. The Morgan fingerprint density at radius 2 is 2.00 bits per heavy atom. The van der Waals surface area contributed by atoms with Crippen LogP contribution >= 0.6 is 11.8 Å². The first kappa shape index (κ1) is 13.9. The Bertz CT molecular complexity index is 375. The smallest absolute Gasteiger partial charge is 0.0931 e. The van der Waals surface area contributed by atoms with Crippen molar-refractivity contribution >= 4 is 11.8 Å². The summed E-state index contributed by atoms with van der Waals surface area (Å²) in [5.41, 5.74) is 0.508. The van der Waals surface area contributed by atoms with Gasteiger partial charge in [-0.3, -0.25) is 0 Å². The van der Waals surface area contributed by atoms with Gasteiger partial charge in [-0.15, -0.1) is 11.8 Å².